The average molecular weight is 503 g/mol. The van der Waals surface area contributed by atoms with Crippen molar-refractivity contribution in [2.45, 2.75) is 45.5 Å². The molecule has 1 aromatic heterocycles. The molecule has 2 aromatic rings. The van der Waals surface area contributed by atoms with Gasteiger partial charge in [-0.2, -0.15) is 13.2 Å². The molecule has 0 saturated heterocycles. The van der Waals surface area contributed by atoms with Gasteiger partial charge in [-0.05, 0) is 56.2 Å². The Kier molecular flexibility index (Phi) is 8.65. The van der Waals surface area contributed by atoms with E-state index in [0.717, 1.165) is 24.5 Å². The molecular formula is C22H26F4N4O3S. The van der Waals surface area contributed by atoms with E-state index in [9.17, 15) is 30.8 Å². The molecule has 1 aromatic carbocycles. The van der Waals surface area contributed by atoms with Gasteiger partial charge in [-0.15, -0.1) is 0 Å². The highest BCUT2D eigenvalue weighted by atomic mass is 32.2. The summed E-state index contributed by atoms with van der Waals surface area (Å²) in [5.74, 6) is -1.38. The van der Waals surface area contributed by atoms with E-state index >= 15 is 0 Å². The van der Waals surface area contributed by atoms with E-state index in [1.54, 1.807) is 13.8 Å². The number of halogens is 4. The summed E-state index contributed by atoms with van der Waals surface area (Å²) < 4.78 is 77.9. The highest BCUT2D eigenvalue weighted by Gasteiger charge is 2.33. The zero-order valence-electron chi connectivity index (χ0n) is 19.0. The summed E-state index contributed by atoms with van der Waals surface area (Å²) in [7, 11) is -3.65. The maximum atomic E-state index is 14.2. The van der Waals surface area contributed by atoms with E-state index in [0.29, 0.717) is 17.5 Å². The van der Waals surface area contributed by atoms with Gasteiger partial charge < -0.3 is 10.6 Å². The Hall–Kier alpha value is -3.15. The molecule has 0 spiro atoms. The molecule has 34 heavy (non-hydrogen) atoms. The monoisotopic (exact) mass is 502 g/mol. The molecule has 0 radical (unpaired) electrons. The van der Waals surface area contributed by atoms with Gasteiger partial charge in [-0.25, -0.2) is 17.8 Å². The zero-order chi connectivity index (χ0) is 25.7. The van der Waals surface area contributed by atoms with E-state index in [-0.39, 0.29) is 17.5 Å². The summed E-state index contributed by atoms with van der Waals surface area (Å²) in [6.07, 6.45) is -0.597. The minimum atomic E-state index is -4.61. The molecule has 0 saturated carbocycles. The van der Waals surface area contributed by atoms with Gasteiger partial charge in [0.05, 0.1) is 18.0 Å². The van der Waals surface area contributed by atoms with E-state index in [2.05, 4.69) is 15.6 Å². The number of hydrogen-bond donors (Lipinski definition) is 3. The van der Waals surface area contributed by atoms with Crippen LogP contribution in [0.4, 0.5) is 29.1 Å². The van der Waals surface area contributed by atoms with E-state index in [1.807, 2.05) is 11.6 Å². The highest BCUT2D eigenvalue weighted by Crippen LogP contribution is 2.30. The normalized spacial score (nSPS) is 14.0. The van der Waals surface area contributed by atoms with Gasteiger partial charge in [0.25, 0.3) is 0 Å². The second-order valence-electron chi connectivity index (χ2n) is 7.76. The van der Waals surface area contributed by atoms with Crippen LogP contribution in [0.3, 0.4) is 0 Å². The molecule has 1 heterocycles. The van der Waals surface area contributed by atoms with Crippen molar-refractivity contribution in [2.24, 2.45) is 0 Å². The summed E-state index contributed by atoms with van der Waals surface area (Å²) >= 11 is 0. The first kappa shape index (κ1) is 27.1. The van der Waals surface area contributed by atoms with Crippen molar-refractivity contribution in [2.75, 3.05) is 16.3 Å². The van der Waals surface area contributed by atoms with Crippen LogP contribution in [0.1, 0.15) is 50.1 Å². The number of nitrogens with one attached hydrogen (secondary N) is 3. The molecule has 2 atom stereocenters. The number of hydrogen-bond acceptors (Lipinski definition) is 5. The number of anilines is 2. The first-order valence-corrected chi connectivity index (χ1v) is 12.2. The quantitative estimate of drug-likeness (QED) is 0.341. The van der Waals surface area contributed by atoms with Crippen molar-refractivity contribution >= 4 is 33.5 Å². The summed E-state index contributed by atoms with van der Waals surface area (Å²) in [5.41, 5.74) is -0.600. The minimum Gasteiger partial charge on any atom is -0.367 e. The third kappa shape index (κ3) is 8.01. The molecule has 186 valence electrons. The molecule has 2 rings (SSSR count). The van der Waals surface area contributed by atoms with Gasteiger partial charge in [0, 0.05) is 17.7 Å². The molecule has 12 heteroatoms. The van der Waals surface area contributed by atoms with Crippen molar-refractivity contribution in [1.29, 1.82) is 0 Å². The number of carbonyl (C=O) groups is 1. The number of alkyl halides is 3. The first-order valence-electron chi connectivity index (χ1n) is 10.3. The topological polar surface area (TPSA) is 100 Å². The number of nitrogens with zero attached hydrogens (tertiary/aromatic N) is 1. The van der Waals surface area contributed by atoms with Crippen molar-refractivity contribution < 1.29 is 30.8 Å². The predicted molar refractivity (Wildman–Crippen MR) is 123 cm³/mol. The molecule has 7 nitrogen and oxygen atoms in total. The van der Waals surface area contributed by atoms with Gasteiger partial charge in [-0.1, -0.05) is 13.0 Å². The van der Waals surface area contributed by atoms with Crippen LogP contribution < -0.4 is 15.4 Å². The molecule has 0 aliphatic heterocycles. The number of aromatic nitrogens is 1. The van der Waals surface area contributed by atoms with E-state index in [1.165, 1.54) is 24.3 Å². The Morgan fingerprint density at radius 2 is 1.85 bits per heavy atom. The fraction of sp³-hybridized carbons (Fsp3) is 0.364. The van der Waals surface area contributed by atoms with Crippen LogP contribution in [0.2, 0.25) is 0 Å². The van der Waals surface area contributed by atoms with Crippen LogP contribution in [0.25, 0.3) is 6.08 Å². The van der Waals surface area contributed by atoms with Gasteiger partial charge in [-0.3, -0.25) is 9.52 Å². The first-order chi connectivity index (χ1) is 15.7. The number of sulfonamides is 1. The highest BCUT2D eigenvalue weighted by molar-refractivity contribution is 7.92. The van der Waals surface area contributed by atoms with Gasteiger partial charge >= 0.3 is 6.18 Å². The fourth-order valence-corrected chi connectivity index (χ4v) is 3.37. The lowest BCUT2D eigenvalue weighted by Crippen LogP contribution is -2.25. The van der Waals surface area contributed by atoms with Crippen LogP contribution in [-0.4, -0.2) is 31.6 Å². The Labute approximate surface area is 195 Å². The Morgan fingerprint density at radius 3 is 2.41 bits per heavy atom. The summed E-state index contributed by atoms with van der Waals surface area (Å²) in [4.78, 5) is 16.0. The molecule has 0 aliphatic carbocycles. The summed E-state index contributed by atoms with van der Waals surface area (Å²) in [6, 6.07) is 5.06. The second kappa shape index (κ2) is 10.9. The lowest BCUT2D eigenvalue weighted by molar-refractivity contribution is -0.141. The number of amides is 1. The van der Waals surface area contributed by atoms with Crippen LogP contribution in [0.15, 0.2) is 36.4 Å². The molecule has 3 N–H and O–H groups in total. The largest absolute Gasteiger partial charge is 0.433 e. The second-order valence-corrected chi connectivity index (χ2v) is 9.51. The minimum absolute atomic E-state index is 0.00249. The summed E-state index contributed by atoms with van der Waals surface area (Å²) in [6.45, 7) is 5.25. The maximum absolute atomic E-state index is 14.2. The number of pyridine rings is 1. The molecule has 0 fully saturated rings. The summed E-state index contributed by atoms with van der Waals surface area (Å²) in [5, 5.41) is 5.52. The van der Waals surface area contributed by atoms with Gasteiger partial charge in [0.1, 0.15) is 17.3 Å². The molecule has 0 bridgehead atoms. The van der Waals surface area contributed by atoms with Crippen LogP contribution in [0, 0.1) is 5.82 Å². The smallest absolute Gasteiger partial charge is 0.367 e. The lowest BCUT2D eigenvalue weighted by atomic mass is 10.1. The van der Waals surface area contributed by atoms with Gasteiger partial charge in [0.2, 0.25) is 15.9 Å². The zero-order valence-corrected chi connectivity index (χ0v) is 19.8. The van der Waals surface area contributed by atoms with Crippen LogP contribution in [-0.2, 0) is 21.0 Å². The number of rotatable bonds is 9. The number of carbonyl (C=O) groups excluding carboxylic acids is 1. The van der Waals surface area contributed by atoms with Crippen molar-refractivity contribution in [3.63, 3.8) is 0 Å². The van der Waals surface area contributed by atoms with Crippen molar-refractivity contribution in [3.8, 4) is 0 Å². The average Bonchev–Trinajstić information content (AvgIpc) is 2.72. The molecule has 0 aliphatic rings. The van der Waals surface area contributed by atoms with Crippen LogP contribution in [0.5, 0.6) is 0 Å². The molecule has 1 amide bonds. The van der Waals surface area contributed by atoms with Crippen molar-refractivity contribution in [1.82, 2.24) is 10.3 Å². The Balaban J connectivity index is 2.17. The van der Waals surface area contributed by atoms with Crippen molar-refractivity contribution in [3.05, 3.63) is 59.0 Å². The molecule has 1 unspecified atom stereocenters. The Morgan fingerprint density at radius 1 is 1.18 bits per heavy atom. The maximum Gasteiger partial charge on any atom is 0.433 e. The van der Waals surface area contributed by atoms with E-state index in [4.69, 9.17) is 0 Å². The van der Waals surface area contributed by atoms with Crippen LogP contribution >= 0.6 is 0 Å². The third-order valence-corrected chi connectivity index (χ3v) is 5.36. The number of benzene rings is 1. The molecular weight excluding hydrogens is 476 g/mol. The SMILES string of the molecule is CCC(C)Nc1nc(C(F)(F)F)ccc1C=CC(=O)N[C@H](C)c1ccc(NS(C)(=O)=O)c(F)c1. The standard InChI is InChI=1S/C22H26F4N4O3S/c1-5-13(2)27-21-15(7-10-19(29-21)22(24,25)26)8-11-20(31)28-14(3)16-6-9-18(17(23)12-16)30-34(4,32)33/h6-14,30H,5H2,1-4H3,(H,27,29)(H,28,31)/t13?,14-/m1/s1. The third-order valence-electron chi connectivity index (χ3n) is 4.77. The lowest BCUT2D eigenvalue weighted by Gasteiger charge is -2.17. The van der Waals surface area contributed by atoms with E-state index < -0.39 is 39.7 Å². The predicted octanol–water partition coefficient (Wildman–Crippen LogP) is 4.71. The fourth-order valence-electron chi connectivity index (χ4n) is 2.81. The van der Waals surface area contributed by atoms with Gasteiger partial charge in [0.15, 0.2) is 0 Å². The Bertz CT molecular complexity index is 1170.